The minimum absolute atomic E-state index is 0.00817. The van der Waals surface area contributed by atoms with Gasteiger partial charge in [0.2, 0.25) is 5.91 Å². The molecule has 2 atom stereocenters. The van der Waals surface area contributed by atoms with E-state index in [-0.39, 0.29) is 17.9 Å². The van der Waals surface area contributed by atoms with Crippen LogP contribution in [0.3, 0.4) is 0 Å². The third-order valence-corrected chi connectivity index (χ3v) is 7.70. The molecule has 0 radical (unpaired) electrons. The summed E-state index contributed by atoms with van der Waals surface area (Å²) in [5.41, 5.74) is 2.25. The Balaban J connectivity index is 1.47. The summed E-state index contributed by atoms with van der Waals surface area (Å²) in [6, 6.07) is 16.8. The first-order valence-corrected chi connectivity index (χ1v) is 11.0. The molecule has 2 aliphatic heterocycles. The van der Waals surface area contributed by atoms with E-state index in [9.17, 15) is 4.79 Å². The Kier molecular flexibility index (Phi) is 4.21. The molecule has 3 heterocycles. The molecule has 2 aromatic carbocycles. The topological polar surface area (TPSA) is 33.2 Å². The van der Waals surface area contributed by atoms with Crippen LogP contribution in [-0.4, -0.2) is 28.1 Å². The van der Waals surface area contributed by atoms with Crippen molar-refractivity contribution in [2.45, 2.75) is 36.1 Å². The number of carbonyl (C=O) groups is 1. The number of nitrogens with zero attached hydrogens (tertiary/aromatic N) is 2. The second kappa shape index (κ2) is 6.71. The molecule has 1 amide bonds. The highest BCUT2D eigenvalue weighted by Gasteiger charge is 2.37. The first-order valence-electron chi connectivity index (χ1n) is 9.19. The molecule has 0 spiro atoms. The molecule has 3 aromatic rings. The summed E-state index contributed by atoms with van der Waals surface area (Å²) in [5, 5.41) is 1.10. The van der Waals surface area contributed by atoms with E-state index in [0.29, 0.717) is 0 Å². The van der Waals surface area contributed by atoms with Gasteiger partial charge in [-0.3, -0.25) is 4.79 Å². The second-order valence-corrected chi connectivity index (χ2v) is 9.09. The van der Waals surface area contributed by atoms with Crippen LogP contribution < -0.4 is 0 Å². The number of aromatic nitrogens is 1. The number of hydrogen-bond donors (Lipinski definition) is 0. The van der Waals surface area contributed by atoms with Crippen LogP contribution in [0.25, 0.3) is 10.2 Å². The van der Waals surface area contributed by atoms with E-state index >= 15 is 0 Å². The van der Waals surface area contributed by atoms with E-state index in [1.807, 2.05) is 23.9 Å². The predicted molar refractivity (Wildman–Crippen MR) is 108 cm³/mol. The number of amides is 1. The molecule has 0 bridgehead atoms. The van der Waals surface area contributed by atoms with E-state index in [4.69, 9.17) is 4.98 Å². The number of carbonyl (C=O) groups excluding carboxylic acids is 1. The summed E-state index contributed by atoms with van der Waals surface area (Å²) in [7, 11) is 0. The van der Waals surface area contributed by atoms with Crippen molar-refractivity contribution >= 4 is 39.2 Å². The Morgan fingerprint density at radius 2 is 1.92 bits per heavy atom. The molecule has 3 nitrogen and oxygen atoms in total. The van der Waals surface area contributed by atoms with Crippen LogP contribution in [-0.2, 0) is 4.79 Å². The fourth-order valence-electron chi connectivity index (χ4n) is 4.05. The van der Waals surface area contributed by atoms with Crippen LogP contribution in [0.1, 0.15) is 41.8 Å². The van der Waals surface area contributed by atoms with Crippen molar-refractivity contribution in [1.29, 1.82) is 0 Å². The minimum atomic E-state index is -0.00817. The summed E-state index contributed by atoms with van der Waals surface area (Å²) in [5.74, 6) is 1.14. The predicted octanol–water partition coefficient (Wildman–Crippen LogP) is 5.24. The average molecular weight is 381 g/mol. The van der Waals surface area contributed by atoms with Gasteiger partial charge in [0.15, 0.2) is 0 Å². The van der Waals surface area contributed by atoms with Gasteiger partial charge in [-0.05, 0) is 43.0 Å². The maximum atomic E-state index is 13.5. The van der Waals surface area contributed by atoms with Crippen LogP contribution in [0.15, 0.2) is 53.4 Å². The standard InChI is InChI=1S/C21H20N2OS2/c24-21(15-13-25-18-10-3-1-7-14(15)18)23-12-6-5-9-17(23)20-22-16-8-2-4-11-19(16)26-20/h1-4,7-8,10-11,15,17H,5-6,9,12-13H2. The molecule has 5 heteroatoms. The number of benzene rings is 2. The van der Waals surface area contributed by atoms with E-state index < -0.39 is 0 Å². The number of piperidine rings is 1. The maximum Gasteiger partial charge on any atom is 0.231 e. The Bertz CT molecular complexity index is 934. The van der Waals surface area contributed by atoms with Gasteiger partial charge < -0.3 is 4.90 Å². The van der Waals surface area contributed by atoms with Gasteiger partial charge in [0.05, 0.1) is 22.2 Å². The van der Waals surface area contributed by atoms with Crippen LogP contribution in [0.2, 0.25) is 0 Å². The summed E-state index contributed by atoms with van der Waals surface area (Å²) in [6.45, 7) is 0.850. The van der Waals surface area contributed by atoms with Crippen molar-refractivity contribution in [3.63, 3.8) is 0 Å². The number of likely N-dealkylation sites (tertiary alicyclic amines) is 1. The van der Waals surface area contributed by atoms with Crippen molar-refractivity contribution in [1.82, 2.24) is 9.88 Å². The van der Waals surface area contributed by atoms with E-state index in [2.05, 4.69) is 41.3 Å². The highest BCUT2D eigenvalue weighted by atomic mass is 32.2. The number of hydrogen-bond acceptors (Lipinski definition) is 4. The van der Waals surface area contributed by atoms with Crippen LogP contribution in [0, 0.1) is 0 Å². The maximum absolute atomic E-state index is 13.5. The van der Waals surface area contributed by atoms with Gasteiger partial charge in [0.25, 0.3) is 0 Å². The lowest BCUT2D eigenvalue weighted by Crippen LogP contribution is -2.41. The monoisotopic (exact) mass is 380 g/mol. The average Bonchev–Trinajstić information content (AvgIpc) is 3.31. The molecule has 0 aliphatic carbocycles. The smallest absolute Gasteiger partial charge is 0.231 e. The van der Waals surface area contributed by atoms with Crippen molar-refractivity contribution in [3.05, 3.63) is 59.1 Å². The third kappa shape index (κ3) is 2.74. The van der Waals surface area contributed by atoms with E-state index in [1.165, 1.54) is 21.6 Å². The van der Waals surface area contributed by atoms with Crippen LogP contribution in [0.5, 0.6) is 0 Å². The Labute approximate surface area is 161 Å². The highest BCUT2D eigenvalue weighted by Crippen LogP contribution is 2.43. The Morgan fingerprint density at radius 1 is 1.08 bits per heavy atom. The molecule has 26 heavy (non-hydrogen) atoms. The van der Waals surface area contributed by atoms with Crippen molar-refractivity contribution in [2.75, 3.05) is 12.3 Å². The van der Waals surface area contributed by atoms with Gasteiger partial charge >= 0.3 is 0 Å². The lowest BCUT2D eigenvalue weighted by molar-refractivity contribution is -0.136. The SMILES string of the molecule is O=C(C1CSc2ccccc21)N1CCCCC1c1nc2ccccc2s1. The summed E-state index contributed by atoms with van der Waals surface area (Å²) < 4.78 is 1.21. The third-order valence-electron chi connectivity index (χ3n) is 5.38. The molecule has 0 N–H and O–H groups in total. The fourth-order valence-corrected chi connectivity index (χ4v) is 6.39. The zero-order valence-corrected chi connectivity index (χ0v) is 16.1. The molecule has 1 aromatic heterocycles. The molecule has 1 saturated heterocycles. The van der Waals surface area contributed by atoms with Crippen LogP contribution >= 0.6 is 23.1 Å². The molecule has 5 rings (SSSR count). The molecular formula is C21H20N2OS2. The van der Waals surface area contributed by atoms with Gasteiger partial charge in [-0.1, -0.05) is 30.3 Å². The quantitative estimate of drug-likeness (QED) is 0.610. The lowest BCUT2D eigenvalue weighted by atomic mass is 9.96. The first kappa shape index (κ1) is 16.3. The molecular weight excluding hydrogens is 360 g/mol. The molecule has 1 fully saturated rings. The van der Waals surface area contributed by atoms with Gasteiger partial charge in [-0.25, -0.2) is 4.98 Å². The summed E-state index contributed by atoms with van der Waals surface area (Å²) >= 11 is 3.55. The van der Waals surface area contributed by atoms with E-state index in [0.717, 1.165) is 35.7 Å². The van der Waals surface area contributed by atoms with Crippen LogP contribution in [0.4, 0.5) is 0 Å². The van der Waals surface area contributed by atoms with Crippen molar-refractivity contribution in [2.24, 2.45) is 0 Å². The summed E-state index contributed by atoms with van der Waals surface area (Å²) in [6.07, 6.45) is 3.28. The molecule has 132 valence electrons. The van der Waals surface area contributed by atoms with Gasteiger partial charge in [0, 0.05) is 17.2 Å². The van der Waals surface area contributed by atoms with Crippen molar-refractivity contribution in [3.8, 4) is 0 Å². The molecule has 2 aliphatic rings. The normalized spacial score (nSPS) is 22.5. The molecule has 2 unspecified atom stereocenters. The number of para-hydroxylation sites is 1. The number of thiazole rings is 1. The van der Waals surface area contributed by atoms with E-state index in [1.54, 1.807) is 11.3 Å². The summed E-state index contributed by atoms with van der Waals surface area (Å²) in [4.78, 5) is 21.7. The molecule has 0 saturated carbocycles. The van der Waals surface area contributed by atoms with Gasteiger partial charge in [-0.2, -0.15) is 0 Å². The van der Waals surface area contributed by atoms with Gasteiger partial charge in [-0.15, -0.1) is 23.1 Å². The zero-order valence-electron chi connectivity index (χ0n) is 14.4. The Morgan fingerprint density at radius 3 is 2.85 bits per heavy atom. The second-order valence-electron chi connectivity index (χ2n) is 6.96. The number of thioether (sulfide) groups is 1. The first-order chi connectivity index (χ1) is 12.8. The van der Waals surface area contributed by atoms with Crippen molar-refractivity contribution < 1.29 is 4.79 Å². The largest absolute Gasteiger partial charge is 0.333 e. The highest BCUT2D eigenvalue weighted by molar-refractivity contribution is 7.99. The Hall–Kier alpha value is -1.85. The zero-order chi connectivity index (χ0) is 17.5. The number of fused-ring (bicyclic) bond motifs is 2. The lowest BCUT2D eigenvalue weighted by Gasteiger charge is -2.36. The minimum Gasteiger partial charge on any atom is -0.333 e. The fraction of sp³-hybridized carbons (Fsp3) is 0.333. The number of rotatable bonds is 2. The van der Waals surface area contributed by atoms with Gasteiger partial charge in [0.1, 0.15) is 5.01 Å².